The van der Waals surface area contributed by atoms with Crippen molar-refractivity contribution in [2.45, 2.75) is 43.9 Å². The molecule has 8 heteroatoms. The van der Waals surface area contributed by atoms with Gasteiger partial charge < -0.3 is 4.90 Å². The van der Waals surface area contributed by atoms with Crippen molar-refractivity contribution in [3.05, 3.63) is 63.7 Å². The van der Waals surface area contributed by atoms with E-state index in [0.717, 1.165) is 24.7 Å². The fourth-order valence-electron chi connectivity index (χ4n) is 3.60. The number of nitro groups is 1. The fraction of sp³-hybridized carbons (Fsp3) is 0.429. The second-order valence-corrected chi connectivity index (χ2v) is 9.16. The maximum Gasteiger partial charge on any atom is 0.270 e. The standard InChI is InChI=1S/C21H27N3O4S/c1-17-6-9-20(24(25)26)16-21(17)29(27,28)22-13-12-18-7-10-19(11-8-18)23-14-4-2-3-5-15-23/h6-11,16,22H,2-5,12-15H2,1H3. The molecule has 0 spiro atoms. The van der Waals surface area contributed by atoms with Crippen LogP contribution < -0.4 is 9.62 Å². The molecule has 0 radical (unpaired) electrons. The number of nitro benzene ring substituents is 1. The van der Waals surface area contributed by atoms with Crippen LogP contribution in [0.15, 0.2) is 47.4 Å². The number of aryl methyl sites for hydroxylation is 1. The van der Waals surface area contributed by atoms with Crippen LogP contribution in [0, 0.1) is 17.0 Å². The van der Waals surface area contributed by atoms with E-state index in [1.54, 1.807) is 6.92 Å². The van der Waals surface area contributed by atoms with Crippen molar-refractivity contribution in [3.8, 4) is 0 Å². The molecule has 3 rings (SSSR count). The Morgan fingerprint density at radius 2 is 1.69 bits per heavy atom. The smallest absolute Gasteiger partial charge is 0.270 e. The minimum absolute atomic E-state index is 0.0526. The van der Waals surface area contributed by atoms with Crippen molar-refractivity contribution in [3.63, 3.8) is 0 Å². The quantitative estimate of drug-likeness (QED) is 0.546. The van der Waals surface area contributed by atoms with E-state index in [2.05, 4.69) is 21.8 Å². The van der Waals surface area contributed by atoms with Crippen molar-refractivity contribution in [1.82, 2.24) is 4.72 Å². The highest BCUT2D eigenvalue weighted by atomic mass is 32.2. The van der Waals surface area contributed by atoms with E-state index < -0.39 is 14.9 Å². The first kappa shape index (κ1) is 21.3. The molecule has 0 saturated carbocycles. The van der Waals surface area contributed by atoms with Gasteiger partial charge in [-0.1, -0.05) is 31.0 Å². The van der Waals surface area contributed by atoms with Crippen LogP contribution in [-0.4, -0.2) is 33.0 Å². The molecule has 0 amide bonds. The zero-order valence-electron chi connectivity index (χ0n) is 16.6. The third-order valence-electron chi connectivity index (χ3n) is 5.29. The Morgan fingerprint density at radius 1 is 1.03 bits per heavy atom. The summed E-state index contributed by atoms with van der Waals surface area (Å²) in [6.07, 6.45) is 5.58. The molecule has 156 valence electrons. The van der Waals surface area contributed by atoms with Crippen LogP contribution >= 0.6 is 0 Å². The Hall–Kier alpha value is -2.45. The topological polar surface area (TPSA) is 92.5 Å². The van der Waals surface area contributed by atoms with Gasteiger partial charge in [-0.05, 0) is 49.4 Å². The number of nitrogens with zero attached hydrogens (tertiary/aromatic N) is 2. The lowest BCUT2D eigenvalue weighted by Crippen LogP contribution is -2.27. The summed E-state index contributed by atoms with van der Waals surface area (Å²) in [4.78, 5) is 12.7. The number of benzene rings is 2. The van der Waals surface area contributed by atoms with Crippen molar-refractivity contribution >= 4 is 21.4 Å². The maximum atomic E-state index is 12.6. The highest BCUT2D eigenvalue weighted by Crippen LogP contribution is 2.22. The minimum Gasteiger partial charge on any atom is -0.372 e. The van der Waals surface area contributed by atoms with Crippen LogP contribution in [0.4, 0.5) is 11.4 Å². The Labute approximate surface area is 171 Å². The fourth-order valence-corrected chi connectivity index (χ4v) is 4.90. The predicted octanol–water partition coefficient (Wildman–Crippen LogP) is 3.80. The van der Waals surface area contributed by atoms with Crippen LogP contribution in [0.2, 0.25) is 0 Å². The minimum atomic E-state index is -3.81. The molecule has 1 N–H and O–H groups in total. The molecule has 29 heavy (non-hydrogen) atoms. The predicted molar refractivity (Wildman–Crippen MR) is 114 cm³/mol. The Kier molecular flexibility index (Phi) is 6.87. The Balaban J connectivity index is 1.60. The van der Waals surface area contributed by atoms with Crippen molar-refractivity contribution in [1.29, 1.82) is 0 Å². The molecule has 1 fully saturated rings. The van der Waals surface area contributed by atoms with Gasteiger partial charge in [0.1, 0.15) is 0 Å². The Bertz CT molecular complexity index is 950. The van der Waals surface area contributed by atoms with Crippen LogP contribution in [0.3, 0.4) is 0 Å². The summed E-state index contributed by atoms with van der Waals surface area (Å²) in [5, 5.41) is 10.9. The summed E-state index contributed by atoms with van der Waals surface area (Å²) in [7, 11) is -3.81. The van der Waals surface area contributed by atoms with E-state index in [1.807, 2.05) is 12.1 Å². The van der Waals surface area contributed by atoms with Gasteiger partial charge >= 0.3 is 0 Å². The highest BCUT2D eigenvalue weighted by molar-refractivity contribution is 7.89. The zero-order valence-corrected chi connectivity index (χ0v) is 17.5. The molecular formula is C21H27N3O4S. The van der Waals surface area contributed by atoms with Crippen LogP contribution in [0.5, 0.6) is 0 Å². The van der Waals surface area contributed by atoms with E-state index in [4.69, 9.17) is 0 Å². The van der Waals surface area contributed by atoms with E-state index in [9.17, 15) is 18.5 Å². The van der Waals surface area contributed by atoms with Gasteiger partial charge in [-0.2, -0.15) is 0 Å². The summed E-state index contributed by atoms with van der Waals surface area (Å²) in [6.45, 7) is 4.02. The lowest BCUT2D eigenvalue weighted by molar-refractivity contribution is -0.385. The van der Waals surface area contributed by atoms with Gasteiger partial charge in [-0.3, -0.25) is 10.1 Å². The lowest BCUT2D eigenvalue weighted by atomic mass is 10.1. The van der Waals surface area contributed by atoms with Gasteiger partial charge in [-0.15, -0.1) is 0 Å². The van der Waals surface area contributed by atoms with E-state index in [0.29, 0.717) is 12.0 Å². The molecule has 0 unspecified atom stereocenters. The number of hydrogen-bond acceptors (Lipinski definition) is 5. The molecule has 0 aromatic heterocycles. The van der Waals surface area contributed by atoms with Gasteiger partial charge in [0.25, 0.3) is 5.69 Å². The van der Waals surface area contributed by atoms with Gasteiger partial charge in [0.05, 0.1) is 9.82 Å². The second-order valence-electron chi connectivity index (χ2n) is 7.42. The molecule has 1 aliphatic heterocycles. The zero-order chi connectivity index (χ0) is 20.9. The van der Waals surface area contributed by atoms with Crippen LogP contribution in [0.25, 0.3) is 0 Å². The highest BCUT2D eigenvalue weighted by Gasteiger charge is 2.20. The molecule has 2 aromatic rings. The monoisotopic (exact) mass is 417 g/mol. The van der Waals surface area contributed by atoms with Gasteiger partial charge in [0.2, 0.25) is 10.0 Å². The first-order valence-electron chi connectivity index (χ1n) is 9.95. The molecule has 0 aliphatic carbocycles. The maximum absolute atomic E-state index is 12.6. The number of sulfonamides is 1. The molecule has 0 bridgehead atoms. The third kappa shape index (κ3) is 5.55. The summed E-state index contributed by atoms with van der Waals surface area (Å²) < 4.78 is 27.7. The van der Waals surface area contributed by atoms with Crippen molar-refractivity contribution in [2.24, 2.45) is 0 Å². The Morgan fingerprint density at radius 3 is 2.31 bits per heavy atom. The third-order valence-corrected chi connectivity index (χ3v) is 6.89. The average Bonchev–Trinajstić information content (AvgIpc) is 2.98. The number of nitrogens with one attached hydrogen (secondary N) is 1. The van der Waals surface area contributed by atoms with Crippen molar-refractivity contribution < 1.29 is 13.3 Å². The summed E-state index contributed by atoms with van der Waals surface area (Å²) in [5.74, 6) is 0. The van der Waals surface area contributed by atoms with E-state index >= 15 is 0 Å². The van der Waals surface area contributed by atoms with E-state index in [1.165, 1.54) is 43.5 Å². The molecular weight excluding hydrogens is 390 g/mol. The summed E-state index contributed by atoms with van der Waals surface area (Å²) in [5.41, 5.74) is 2.50. The first-order valence-corrected chi connectivity index (χ1v) is 11.4. The number of anilines is 1. The van der Waals surface area contributed by atoms with Crippen molar-refractivity contribution in [2.75, 3.05) is 24.5 Å². The first-order chi connectivity index (χ1) is 13.9. The SMILES string of the molecule is Cc1ccc([N+](=O)[O-])cc1S(=O)(=O)NCCc1ccc(N2CCCCCC2)cc1. The summed E-state index contributed by atoms with van der Waals surface area (Å²) >= 11 is 0. The molecule has 1 heterocycles. The van der Waals surface area contributed by atoms with Gasteiger partial charge in [-0.25, -0.2) is 13.1 Å². The largest absolute Gasteiger partial charge is 0.372 e. The molecule has 0 atom stereocenters. The number of hydrogen-bond donors (Lipinski definition) is 1. The molecule has 7 nitrogen and oxygen atoms in total. The normalized spacial score (nSPS) is 15.1. The van der Waals surface area contributed by atoms with Crippen LogP contribution in [0.1, 0.15) is 36.8 Å². The molecule has 2 aromatic carbocycles. The van der Waals surface area contributed by atoms with Gasteiger partial charge in [0.15, 0.2) is 0 Å². The van der Waals surface area contributed by atoms with Crippen LogP contribution in [-0.2, 0) is 16.4 Å². The molecule has 1 aliphatic rings. The van der Waals surface area contributed by atoms with Gasteiger partial charge in [0, 0.05) is 37.5 Å². The lowest BCUT2D eigenvalue weighted by Gasteiger charge is -2.22. The molecule has 1 saturated heterocycles. The number of rotatable bonds is 7. The number of non-ortho nitro benzene ring substituents is 1. The van der Waals surface area contributed by atoms with E-state index in [-0.39, 0.29) is 17.1 Å². The average molecular weight is 418 g/mol. The second kappa shape index (κ2) is 9.37. The summed E-state index contributed by atoms with van der Waals surface area (Å²) in [6, 6.07) is 12.1.